The number of carbonyl (C=O) groups is 1. The molecule has 3 aromatic heterocycles. The van der Waals surface area contributed by atoms with Gasteiger partial charge in [-0.2, -0.15) is 15.2 Å². The maximum Gasteiger partial charge on any atom is 0.239 e. The Morgan fingerprint density at radius 2 is 2.12 bits per heavy atom. The van der Waals surface area contributed by atoms with Gasteiger partial charge in [-0.05, 0) is 45.4 Å². The Labute approximate surface area is 185 Å². The van der Waals surface area contributed by atoms with E-state index in [0.717, 1.165) is 60.3 Å². The Morgan fingerprint density at radius 3 is 2.84 bits per heavy atom. The lowest BCUT2D eigenvalue weighted by Gasteiger charge is -2.33. The molecule has 4 heterocycles. The van der Waals surface area contributed by atoms with Crippen LogP contribution in [0.2, 0.25) is 0 Å². The highest BCUT2D eigenvalue weighted by atomic mass is 16.3. The summed E-state index contributed by atoms with van der Waals surface area (Å²) < 4.78 is 1.80. The molecule has 2 fully saturated rings. The molecule has 2 aliphatic carbocycles. The summed E-state index contributed by atoms with van der Waals surface area (Å²) in [6.45, 7) is 1.99. The highest BCUT2D eigenvalue weighted by molar-refractivity contribution is 6.09. The van der Waals surface area contributed by atoms with E-state index in [2.05, 4.69) is 25.6 Å². The van der Waals surface area contributed by atoms with E-state index >= 15 is 0 Å². The molecule has 3 aliphatic rings. The van der Waals surface area contributed by atoms with Crippen LogP contribution in [0.5, 0.6) is 0 Å². The van der Waals surface area contributed by atoms with Gasteiger partial charge in [-0.1, -0.05) is 0 Å². The summed E-state index contributed by atoms with van der Waals surface area (Å²) in [5.74, 6) is 1.22. The number of fused-ring (bicyclic) bond motifs is 2. The van der Waals surface area contributed by atoms with Crippen molar-refractivity contribution in [3.63, 3.8) is 0 Å². The number of aliphatic hydroxyl groups is 1. The lowest BCUT2D eigenvalue weighted by molar-refractivity contribution is -0.121. The molecule has 0 radical (unpaired) electrons. The molecule has 0 unspecified atom stereocenters. The van der Waals surface area contributed by atoms with Gasteiger partial charge in [-0.3, -0.25) is 19.5 Å². The molecule has 0 aromatic carbocycles. The lowest BCUT2D eigenvalue weighted by Crippen LogP contribution is -2.44. The number of nitrogens with one attached hydrogen (secondary N) is 2. The first-order chi connectivity index (χ1) is 15.5. The molecule has 32 heavy (non-hydrogen) atoms. The number of aromatic nitrogens is 6. The van der Waals surface area contributed by atoms with Crippen LogP contribution in [0.3, 0.4) is 0 Å². The fourth-order valence-electron chi connectivity index (χ4n) is 5.16. The van der Waals surface area contributed by atoms with Crippen molar-refractivity contribution in [3.05, 3.63) is 29.8 Å². The van der Waals surface area contributed by atoms with Crippen molar-refractivity contribution < 1.29 is 9.90 Å². The second kappa shape index (κ2) is 6.86. The van der Waals surface area contributed by atoms with Crippen LogP contribution in [0.25, 0.3) is 11.3 Å². The molecular weight excluding hydrogens is 408 g/mol. The first-order valence-corrected chi connectivity index (χ1v) is 11.2. The van der Waals surface area contributed by atoms with Crippen LogP contribution < -0.4 is 10.2 Å². The molecule has 2 atom stereocenters. The normalized spacial score (nSPS) is 23.6. The molecule has 2 saturated carbocycles. The van der Waals surface area contributed by atoms with Crippen molar-refractivity contribution in [2.24, 2.45) is 7.05 Å². The topological polar surface area (TPSA) is 125 Å². The summed E-state index contributed by atoms with van der Waals surface area (Å²) >= 11 is 0. The molecule has 1 amide bonds. The van der Waals surface area contributed by atoms with Crippen molar-refractivity contribution >= 4 is 23.4 Å². The van der Waals surface area contributed by atoms with Crippen molar-refractivity contribution in [1.29, 1.82) is 0 Å². The van der Waals surface area contributed by atoms with Gasteiger partial charge in [0.25, 0.3) is 0 Å². The minimum absolute atomic E-state index is 0.0183. The lowest BCUT2D eigenvalue weighted by atomic mass is 9.92. The smallest absolute Gasteiger partial charge is 0.239 e. The number of rotatable bonds is 4. The number of aryl methyl sites for hydroxylation is 1. The van der Waals surface area contributed by atoms with Crippen LogP contribution >= 0.6 is 0 Å². The number of hydrogen-bond donors (Lipinski definition) is 3. The molecule has 6 rings (SSSR count). The fraction of sp³-hybridized carbons (Fsp3) is 0.500. The SMILES string of the molecule is Cc1c(-c2n[nH]cc2Nc2ncc3c(n2)N([C@@H]2CCC[C@@H](O)C2)C(=O)C32CC2)cnn1C. The summed E-state index contributed by atoms with van der Waals surface area (Å²) in [6, 6.07) is -0.0183. The third kappa shape index (κ3) is 2.78. The van der Waals surface area contributed by atoms with Crippen LogP contribution in [0, 0.1) is 6.92 Å². The highest BCUT2D eigenvalue weighted by Crippen LogP contribution is 2.57. The quantitative estimate of drug-likeness (QED) is 0.575. The second-order valence-electron chi connectivity index (χ2n) is 9.20. The highest BCUT2D eigenvalue weighted by Gasteiger charge is 2.61. The average molecular weight is 435 g/mol. The van der Waals surface area contributed by atoms with Gasteiger partial charge < -0.3 is 10.4 Å². The van der Waals surface area contributed by atoms with Gasteiger partial charge >= 0.3 is 0 Å². The van der Waals surface area contributed by atoms with E-state index in [1.165, 1.54) is 0 Å². The minimum Gasteiger partial charge on any atom is -0.393 e. The molecule has 1 aliphatic heterocycles. The maximum absolute atomic E-state index is 13.4. The monoisotopic (exact) mass is 434 g/mol. The Kier molecular flexibility index (Phi) is 4.16. The van der Waals surface area contributed by atoms with E-state index in [9.17, 15) is 9.90 Å². The number of aromatic amines is 1. The van der Waals surface area contributed by atoms with Crippen LogP contribution in [0.4, 0.5) is 17.5 Å². The van der Waals surface area contributed by atoms with E-state index in [0.29, 0.717) is 18.2 Å². The van der Waals surface area contributed by atoms with Gasteiger partial charge in [0.15, 0.2) is 0 Å². The molecule has 3 N–H and O–H groups in total. The van der Waals surface area contributed by atoms with E-state index < -0.39 is 5.41 Å². The Morgan fingerprint density at radius 1 is 1.28 bits per heavy atom. The number of nitrogens with zero attached hydrogens (tertiary/aromatic N) is 6. The Balaban J connectivity index is 1.35. The zero-order valence-corrected chi connectivity index (χ0v) is 18.2. The van der Waals surface area contributed by atoms with Gasteiger partial charge in [0.2, 0.25) is 11.9 Å². The Hall–Kier alpha value is -3.27. The summed E-state index contributed by atoms with van der Waals surface area (Å²) in [5.41, 5.74) is 3.86. The summed E-state index contributed by atoms with van der Waals surface area (Å²) in [7, 11) is 1.89. The number of anilines is 3. The zero-order chi connectivity index (χ0) is 22.0. The molecule has 10 nitrogen and oxygen atoms in total. The summed E-state index contributed by atoms with van der Waals surface area (Å²) in [5, 5.41) is 25.1. The van der Waals surface area contributed by atoms with Crippen molar-refractivity contribution in [2.45, 2.75) is 63.0 Å². The van der Waals surface area contributed by atoms with Gasteiger partial charge in [0.05, 0.1) is 23.4 Å². The van der Waals surface area contributed by atoms with Crippen LogP contribution in [0.1, 0.15) is 49.8 Å². The number of H-pyrrole nitrogens is 1. The maximum atomic E-state index is 13.4. The van der Waals surface area contributed by atoms with Crippen LogP contribution in [0.15, 0.2) is 18.6 Å². The van der Waals surface area contributed by atoms with E-state index in [4.69, 9.17) is 4.98 Å². The van der Waals surface area contributed by atoms with E-state index in [-0.39, 0.29) is 18.1 Å². The average Bonchev–Trinajstić information content (AvgIpc) is 3.27. The van der Waals surface area contributed by atoms with Crippen molar-refractivity contribution in [3.8, 4) is 11.3 Å². The molecular formula is C22H26N8O2. The molecule has 1 spiro atoms. The second-order valence-corrected chi connectivity index (χ2v) is 9.20. The summed E-state index contributed by atoms with van der Waals surface area (Å²) in [6.07, 6.45) is 9.85. The summed E-state index contributed by atoms with van der Waals surface area (Å²) in [4.78, 5) is 24.6. The molecule has 0 bridgehead atoms. The molecule has 10 heteroatoms. The van der Waals surface area contributed by atoms with Crippen molar-refractivity contribution in [2.75, 3.05) is 10.2 Å². The van der Waals surface area contributed by atoms with Gasteiger partial charge in [-0.25, -0.2) is 4.98 Å². The predicted octanol–water partition coefficient (Wildman–Crippen LogP) is 2.33. The third-order valence-electron chi connectivity index (χ3n) is 7.25. The molecule has 0 saturated heterocycles. The first-order valence-electron chi connectivity index (χ1n) is 11.2. The fourth-order valence-corrected chi connectivity index (χ4v) is 5.16. The number of hydrogen-bond acceptors (Lipinski definition) is 7. The largest absolute Gasteiger partial charge is 0.393 e. The molecule has 166 valence electrons. The van der Waals surface area contributed by atoms with Crippen LogP contribution in [-0.4, -0.2) is 53.1 Å². The van der Waals surface area contributed by atoms with E-state index in [1.807, 2.05) is 18.9 Å². The first kappa shape index (κ1) is 19.4. The Bertz CT molecular complexity index is 1210. The van der Waals surface area contributed by atoms with Crippen LogP contribution in [-0.2, 0) is 17.3 Å². The van der Waals surface area contributed by atoms with E-state index in [1.54, 1.807) is 23.3 Å². The van der Waals surface area contributed by atoms with Gasteiger partial charge in [0.1, 0.15) is 11.5 Å². The number of carbonyl (C=O) groups excluding carboxylic acids is 1. The van der Waals surface area contributed by atoms with Crippen molar-refractivity contribution in [1.82, 2.24) is 29.9 Å². The third-order valence-corrected chi connectivity index (χ3v) is 7.25. The van der Waals surface area contributed by atoms with Gasteiger partial charge in [-0.15, -0.1) is 0 Å². The molecule has 3 aromatic rings. The zero-order valence-electron chi connectivity index (χ0n) is 18.2. The number of aliphatic hydroxyl groups excluding tert-OH is 1. The standard InChI is InChI=1S/C22H26N8O2/c1-12-15(9-25-29(12)2)18-17(11-24-28-18)26-21-23-10-16-19(27-21)30(20(32)22(16)6-7-22)13-4-3-5-14(31)8-13/h9-11,13-14,31H,3-8H2,1-2H3,(H,24,28)(H,23,26,27)/t13-,14-/m1/s1. The number of amides is 1. The van der Waals surface area contributed by atoms with Gasteiger partial charge in [0, 0.05) is 42.3 Å². The minimum atomic E-state index is -0.454. The predicted molar refractivity (Wildman–Crippen MR) is 118 cm³/mol.